The van der Waals surface area contributed by atoms with Crippen LogP contribution in [0.4, 0.5) is 5.69 Å². The lowest BCUT2D eigenvalue weighted by Gasteiger charge is -2.02. The Morgan fingerprint density at radius 3 is 2.73 bits per heavy atom. The van der Waals surface area contributed by atoms with Gasteiger partial charge in [0, 0.05) is 15.4 Å². The normalized spacial score (nSPS) is 11.6. The molecule has 0 atom stereocenters. The molecular formula is C22H14BrN5O2. The van der Waals surface area contributed by atoms with Crippen molar-refractivity contribution in [3.63, 3.8) is 0 Å². The zero-order chi connectivity index (χ0) is 20.7. The molecule has 0 aliphatic heterocycles. The first kappa shape index (κ1) is 18.3. The predicted octanol–water partition coefficient (Wildman–Crippen LogP) is 6.10. The number of rotatable bonds is 3. The number of fused-ring (bicyclic) bond motifs is 2. The van der Waals surface area contributed by atoms with Crippen molar-refractivity contribution in [2.24, 2.45) is 10.2 Å². The molecule has 2 heterocycles. The zero-order valence-corrected chi connectivity index (χ0v) is 17.0. The van der Waals surface area contributed by atoms with Crippen LogP contribution in [0.1, 0.15) is 10.5 Å². The van der Waals surface area contributed by atoms with Crippen LogP contribution in [0.2, 0.25) is 0 Å². The maximum absolute atomic E-state index is 12.5. The molecule has 0 fully saturated rings. The summed E-state index contributed by atoms with van der Waals surface area (Å²) < 4.78 is 0.824. The van der Waals surface area contributed by atoms with Crippen LogP contribution >= 0.6 is 15.9 Å². The summed E-state index contributed by atoms with van der Waals surface area (Å²) in [6.07, 6.45) is 0. The average Bonchev–Trinajstić information content (AvgIpc) is 3.36. The number of hydrogen-bond donors (Lipinski definition) is 3. The lowest BCUT2D eigenvalue weighted by molar-refractivity contribution is 0.0990. The Labute approximate surface area is 178 Å². The molecular weight excluding hydrogens is 446 g/mol. The van der Waals surface area contributed by atoms with Crippen LogP contribution in [0.25, 0.3) is 32.9 Å². The van der Waals surface area contributed by atoms with Gasteiger partial charge in [-0.25, -0.2) is 0 Å². The van der Waals surface area contributed by atoms with Crippen LogP contribution in [-0.4, -0.2) is 26.2 Å². The van der Waals surface area contributed by atoms with Crippen molar-refractivity contribution in [3.05, 3.63) is 76.9 Å². The number of benzene rings is 3. The number of nitrogens with zero attached hydrogens (tertiary/aromatic N) is 3. The molecule has 0 radical (unpaired) electrons. The van der Waals surface area contributed by atoms with Crippen molar-refractivity contribution in [1.82, 2.24) is 15.2 Å². The number of azo groups is 1. The third-order valence-corrected chi connectivity index (χ3v) is 5.32. The standard InChI is InChI=1S/C22H14BrN5O2/c23-13-8-9-17-16(10-13)20(22(30)24-17)27-28-21(29)19-11-18(25-26-19)15-7-3-5-12-4-1-2-6-14(12)15/h1-11,24,30H,(H,25,26). The van der Waals surface area contributed by atoms with Crippen molar-refractivity contribution in [3.8, 4) is 17.1 Å². The van der Waals surface area contributed by atoms with E-state index in [2.05, 4.69) is 41.3 Å². The largest absolute Gasteiger partial charge is 0.493 e. The number of carbonyl (C=O) groups excluding carboxylic acids is 1. The highest BCUT2D eigenvalue weighted by molar-refractivity contribution is 9.10. The van der Waals surface area contributed by atoms with E-state index in [1.54, 1.807) is 18.2 Å². The lowest BCUT2D eigenvalue weighted by atomic mass is 10.0. The molecule has 146 valence electrons. The maximum Gasteiger partial charge on any atom is 0.313 e. The van der Waals surface area contributed by atoms with Gasteiger partial charge in [-0.05, 0) is 35.0 Å². The van der Waals surface area contributed by atoms with E-state index in [9.17, 15) is 9.90 Å². The van der Waals surface area contributed by atoms with E-state index in [1.165, 1.54) is 0 Å². The molecule has 0 unspecified atom stereocenters. The van der Waals surface area contributed by atoms with E-state index in [0.717, 1.165) is 20.8 Å². The van der Waals surface area contributed by atoms with E-state index in [-0.39, 0.29) is 17.3 Å². The number of hydrogen-bond acceptors (Lipinski definition) is 4. The third kappa shape index (κ3) is 3.17. The Balaban J connectivity index is 1.47. The summed E-state index contributed by atoms with van der Waals surface area (Å²) in [6, 6.07) is 21.0. The molecule has 0 saturated carbocycles. The Kier molecular flexibility index (Phi) is 4.40. The molecule has 5 aromatic rings. The molecule has 0 spiro atoms. The van der Waals surface area contributed by atoms with E-state index in [1.807, 2.05) is 48.5 Å². The van der Waals surface area contributed by atoms with Crippen molar-refractivity contribution >= 4 is 49.2 Å². The quantitative estimate of drug-likeness (QED) is 0.283. The Morgan fingerprint density at radius 1 is 1.00 bits per heavy atom. The third-order valence-electron chi connectivity index (χ3n) is 4.83. The van der Waals surface area contributed by atoms with Crippen LogP contribution < -0.4 is 0 Å². The SMILES string of the molecule is O=C(N=Nc1c(O)[nH]c2ccc(Br)cc12)c1cc(-c2cccc3ccccc23)n[nH]1. The van der Waals surface area contributed by atoms with Crippen LogP contribution in [0, 0.1) is 0 Å². The molecule has 0 aliphatic rings. The second-order valence-electron chi connectivity index (χ2n) is 6.71. The van der Waals surface area contributed by atoms with Gasteiger partial charge in [0.05, 0.1) is 11.2 Å². The van der Waals surface area contributed by atoms with Crippen molar-refractivity contribution < 1.29 is 9.90 Å². The molecule has 3 aromatic carbocycles. The summed E-state index contributed by atoms with van der Waals surface area (Å²) in [5.74, 6) is -0.738. The van der Waals surface area contributed by atoms with Gasteiger partial charge in [0.25, 0.3) is 0 Å². The summed E-state index contributed by atoms with van der Waals surface area (Å²) in [4.78, 5) is 15.3. The van der Waals surface area contributed by atoms with Gasteiger partial charge in [0.15, 0.2) is 5.69 Å². The molecule has 30 heavy (non-hydrogen) atoms. The van der Waals surface area contributed by atoms with Gasteiger partial charge in [-0.1, -0.05) is 58.4 Å². The molecule has 3 N–H and O–H groups in total. The van der Waals surface area contributed by atoms with E-state index in [0.29, 0.717) is 16.6 Å². The fourth-order valence-electron chi connectivity index (χ4n) is 3.40. The molecule has 2 aromatic heterocycles. The number of H-pyrrole nitrogens is 2. The van der Waals surface area contributed by atoms with Crippen molar-refractivity contribution in [1.29, 1.82) is 0 Å². The Hall–Kier alpha value is -3.78. The fraction of sp³-hybridized carbons (Fsp3) is 0. The van der Waals surface area contributed by atoms with Crippen LogP contribution in [0.15, 0.2) is 81.4 Å². The van der Waals surface area contributed by atoms with Gasteiger partial charge in [-0.3, -0.25) is 9.89 Å². The summed E-state index contributed by atoms with van der Waals surface area (Å²) in [7, 11) is 0. The first-order valence-electron chi connectivity index (χ1n) is 9.10. The molecule has 0 saturated heterocycles. The minimum absolute atomic E-state index is 0.152. The van der Waals surface area contributed by atoms with E-state index in [4.69, 9.17) is 0 Å². The van der Waals surface area contributed by atoms with Gasteiger partial charge < -0.3 is 10.1 Å². The number of carbonyl (C=O) groups is 1. The van der Waals surface area contributed by atoms with Gasteiger partial charge >= 0.3 is 5.91 Å². The second-order valence-corrected chi connectivity index (χ2v) is 7.63. The number of aromatic amines is 2. The Morgan fingerprint density at radius 2 is 1.83 bits per heavy atom. The minimum atomic E-state index is -0.585. The smallest absolute Gasteiger partial charge is 0.313 e. The molecule has 1 amide bonds. The van der Waals surface area contributed by atoms with Gasteiger partial charge in [0.2, 0.25) is 5.88 Å². The zero-order valence-electron chi connectivity index (χ0n) is 15.4. The minimum Gasteiger partial charge on any atom is -0.493 e. The van der Waals surface area contributed by atoms with Crippen LogP contribution in [-0.2, 0) is 0 Å². The molecule has 7 nitrogen and oxygen atoms in total. The number of amides is 1. The lowest BCUT2D eigenvalue weighted by Crippen LogP contribution is -1.93. The van der Waals surface area contributed by atoms with Crippen molar-refractivity contribution in [2.45, 2.75) is 0 Å². The van der Waals surface area contributed by atoms with Crippen molar-refractivity contribution in [2.75, 3.05) is 0 Å². The highest BCUT2D eigenvalue weighted by atomic mass is 79.9. The number of nitrogens with one attached hydrogen (secondary N) is 2. The first-order chi connectivity index (χ1) is 14.6. The number of aromatic hydroxyl groups is 1. The van der Waals surface area contributed by atoms with Crippen LogP contribution in [0.3, 0.4) is 0 Å². The fourth-order valence-corrected chi connectivity index (χ4v) is 3.77. The van der Waals surface area contributed by atoms with Crippen LogP contribution in [0.5, 0.6) is 5.88 Å². The summed E-state index contributed by atoms with van der Waals surface area (Å²) >= 11 is 3.39. The summed E-state index contributed by atoms with van der Waals surface area (Å²) in [5.41, 5.74) is 2.66. The Bertz CT molecular complexity index is 1450. The van der Waals surface area contributed by atoms with Gasteiger partial charge in [-0.15, -0.1) is 10.2 Å². The number of halogens is 1. The first-order valence-corrected chi connectivity index (χ1v) is 9.89. The van der Waals surface area contributed by atoms with E-state index >= 15 is 0 Å². The maximum atomic E-state index is 12.5. The predicted molar refractivity (Wildman–Crippen MR) is 118 cm³/mol. The monoisotopic (exact) mass is 459 g/mol. The summed E-state index contributed by atoms with van der Waals surface area (Å²) in [6.45, 7) is 0. The molecule has 0 bridgehead atoms. The van der Waals surface area contributed by atoms with E-state index < -0.39 is 5.91 Å². The molecule has 5 rings (SSSR count). The highest BCUT2D eigenvalue weighted by Gasteiger charge is 2.15. The summed E-state index contributed by atoms with van der Waals surface area (Å²) in [5, 5.41) is 27.6. The molecule has 0 aliphatic carbocycles. The topological polar surface area (TPSA) is 106 Å². The highest BCUT2D eigenvalue weighted by Crippen LogP contribution is 2.37. The van der Waals surface area contributed by atoms with Gasteiger partial charge in [0.1, 0.15) is 5.69 Å². The molecule has 8 heteroatoms. The second kappa shape index (κ2) is 7.23. The van der Waals surface area contributed by atoms with Gasteiger partial charge in [-0.2, -0.15) is 5.10 Å². The average molecular weight is 460 g/mol. The number of aromatic nitrogens is 3.